The molecule has 0 aliphatic heterocycles. The number of anilines is 1. The van der Waals surface area contributed by atoms with E-state index in [0.29, 0.717) is 5.56 Å². The van der Waals surface area contributed by atoms with Crippen molar-refractivity contribution in [3.63, 3.8) is 0 Å². The average molecular weight is 363 g/mol. The van der Waals surface area contributed by atoms with Gasteiger partial charge in [-0.1, -0.05) is 18.2 Å². The quantitative estimate of drug-likeness (QED) is 0.666. The van der Waals surface area contributed by atoms with Crippen molar-refractivity contribution in [2.24, 2.45) is 0 Å². The number of aromatic nitrogens is 2. The predicted octanol–water partition coefficient (Wildman–Crippen LogP) is 4.22. The van der Waals surface area contributed by atoms with Crippen LogP contribution < -0.4 is 10.1 Å². The van der Waals surface area contributed by atoms with Crippen molar-refractivity contribution in [3.05, 3.63) is 83.1 Å². The van der Waals surface area contributed by atoms with Crippen molar-refractivity contribution < 1.29 is 22.3 Å². The third-order valence-corrected chi connectivity index (χ3v) is 3.50. The minimum atomic E-state index is -0.773. The molecular formula is C18H13F4N3O. The van der Waals surface area contributed by atoms with Crippen LogP contribution in [0.15, 0.2) is 48.7 Å². The summed E-state index contributed by atoms with van der Waals surface area (Å²) in [6.07, 6.45) is 0.882. The zero-order valence-electron chi connectivity index (χ0n) is 13.3. The first-order chi connectivity index (χ1) is 12.5. The summed E-state index contributed by atoms with van der Waals surface area (Å²) in [5, 5.41) is 2.66. The number of benzene rings is 2. The van der Waals surface area contributed by atoms with Gasteiger partial charge in [0.1, 0.15) is 24.1 Å². The van der Waals surface area contributed by atoms with Gasteiger partial charge in [-0.05, 0) is 18.2 Å². The fourth-order valence-electron chi connectivity index (χ4n) is 2.15. The molecule has 1 aromatic heterocycles. The first kappa shape index (κ1) is 17.7. The van der Waals surface area contributed by atoms with Crippen LogP contribution in [-0.2, 0) is 13.2 Å². The van der Waals surface area contributed by atoms with E-state index in [2.05, 4.69) is 15.3 Å². The molecule has 0 saturated heterocycles. The van der Waals surface area contributed by atoms with Crippen LogP contribution in [0.1, 0.15) is 11.1 Å². The zero-order valence-corrected chi connectivity index (χ0v) is 13.3. The highest BCUT2D eigenvalue weighted by atomic mass is 19.1. The number of rotatable bonds is 6. The molecular weight excluding hydrogens is 350 g/mol. The maximum Gasteiger partial charge on any atom is 0.318 e. The third-order valence-electron chi connectivity index (χ3n) is 3.50. The van der Waals surface area contributed by atoms with Gasteiger partial charge in [-0.2, -0.15) is 4.98 Å². The molecule has 26 heavy (non-hydrogen) atoms. The largest absolute Gasteiger partial charge is 0.458 e. The van der Waals surface area contributed by atoms with Crippen molar-refractivity contribution >= 4 is 5.82 Å². The minimum absolute atomic E-state index is 0.00658. The van der Waals surface area contributed by atoms with Gasteiger partial charge >= 0.3 is 6.01 Å². The van der Waals surface area contributed by atoms with Crippen LogP contribution in [0.4, 0.5) is 23.4 Å². The maximum absolute atomic E-state index is 13.8. The van der Waals surface area contributed by atoms with E-state index in [9.17, 15) is 17.6 Å². The molecule has 0 aliphatic carbocycles. The van der Waals surface area contributed by atoms with Crippen LogP contribution in [0.5, 0.6) is 6.01 Å². The molecule has 3 rings (SSSR count). The standard InChI is InChI=1S/C18H13F4N3O/c19-13-6-5-12(15(21)7-13)10-26-18-24-9-16(22)17(25-18)23-8-11-3-1-2-4-14(11)20/h1-7,9H,8,10H2,(H,23,24,25). The second-order valence-corrected chi connectivity index (χ2v) is 5.32. The molecule has 0 fully saturated rings. The molecule has 8 heteroatoms. The Morgan fingerprint density at radius 3 is 2.46 bits per heavy atom. The molecule has 0 atom stereocenters. The summed E-state index contributed by atoms with van der Waals surface area (Å²) in [5.74, 6) is -2.84. The van der Waals surface area contributed by atoms with Gasteiger partial charge in [-0.25, -0.2) is 22.5 Å². The van der Waals surface area contributed by atoms with Crippen molar-refractivity contribution in [1.82, 2.24) is 9.97 Å². The predicted molar refractivity (Wildman–Crippen MR) is 86.4 cm³/mol. The van der Waals surface area contributed by atoms with Crippen LogP contribution in [0.2, 0.25) is 0 Å². The van der Waals surface area contributed by atoms with E-state index in [1.807, 2.05) is 0 Å². The van der Waals surface area contributed by atoms with Crippen LogP contribution in [-0.4, -0.2) is 9.97 Å². The number of nitrogens with one attached hydrogen (secondary N) is 1. The van der Waals surface area contributed by atoms with Gasteiger partial charge in [0.15, 0.2) is 11.6 Å². The number of hydrogen-bond acceptors (Lipinski definition) is 4. The lowest BCUT2D eigenvalue weighted by atomic mass is 10.2. The Hall–Kier alpha value is -3.16. The van der Waals surface area contributed by atoms with Gasteiger partial charge in [0.05, 0.1) is 6.20 Å². The first-order valence-electron chi connectivity index (χ1n) is 7.59. The van der Waals surface area contributed by atoms with E-state index >= 15 is 0 Å². The maximum atomic E-state index is 13.8. The molecule has 134 valence electrons. The zero-order chi connectivity index (χ0) is 18.5. The number of halogens is 4. The lowest BCUT2D eigenvalue weighted by Crippen LogP contribution is -2.08. The lowest BCUT2D eigenvalue weighted by molar-refractivity contribution is 0.274. The summed E-state index contributed by atoms with van der Waals surface area (Å²) < 4.78 is 59.1. The molecule has 2 aromatic carbocycles. The van der Waals surface area contributed by atoms with Crippen LogP contribution in [0.25, 0.3) is 0 Å². The smallest absolute Gasteiger partial charge is 0.318 e. The van der Waals surface area contributed by atoms with Crippen LogP contribution in [0.3, 0.4) is 0 Å². The summed E-state index contributed by atoms with van der Waals surface area (Å²) in [6, 6.07) is 8.89. The van der Waals surface area contributed by atoms with Crippen molar-refractivity contribution in [2.75, 3.05) is 5.32 Å². The Morgan fingerprint density at radius 1 is 0.885 bits per heavy atom. The summed E-state index contributed by atoms with van der Waals surface area (Å²) >= 11 is 0. The van der Waals surface area contributed by atoms with Gasteiger partial charge in [0, 0.05) is 23.7 Å². The van der Waals surface area contributed by atoms with Crippen molar-refractivity contribution in [1.29, 1.82) is 0 Å². The van der Waals surface area contributed by atoms with Crippen molar-refractivity contribution in [2.45, 2.75) is 13.2 Å². The fraction of sp³-hybridized carbons (Fsp3) is 0.111. The van der Waals surface area contributed by atoms with Crippen molar-refractivity contribution in [3.8, 4) is 6.01 Å². The van der Waals surface area contributed by atoms with Gasteiger partial charge in [-0.3, -0.25) is 0 Å². The van der Waals surface area contributed by atoms with Crippen LogP contribution >= 0.6 is 0 Å². The fourth-order valence-corrected chi connectivity index (χ4v) is 2.15. The van der Waals surface area contributed by atoms with E-state index in [-0.39, 0.29) is 30.5 Å². The molecule has 0 unspecified atom stereocenters. The van der Waals surface area contributed by atoms with E-state index in [1.54, 1.807) is 18.2 Å². The molecule has 1 heterocycles. The second kappa shape index (κ2) is 7.81. The Kier molecular flexibility index (Phi) is 5.31. The molecule has 1 N–H and O–H groups in total. The molecule has 0 radical (unpaired) electrons. The van der Waals surface area contributed by atoms with Gasteiger partial charge in [-0.15, -0.1) is 0 Å². The SMILES string of the molecule is Fc1ccc(COc2ncc(F)c(NCc3ccccc3F)n2)c(F)c1. The average Bonchev–Trinajstić information content (AvgIpc) is 2.62. The number of ether oxygens (including phenoxy) is 1. The molecule has 0 amide bonds. The Labute approximate surface area is 146 Å². The van der Waals surface area contributed by atoms with Gasteiger partial charge in [0.25, 0.3) is 0 Å². The third kappa shape index (κ3) is 4.27. The number of nitrogens with zero attached hydrogens (tertiary/aromatic N) is 2. The Balaban J connectivity index is 1.68. The molecule has 3 aromatic rings. The van der Waals surface area contributed by atoms with Gasteiger partial charge < -0.3 is 10.1 Å². The lowest BCUT2D eigenvalue weighted by Gasteiger charge is -2.10. The minimum Gasteiger partial charge on any atom is -0.458 e. The first-order valence-corrected chi connectivity index (χ1v) is 7.59. The summed E-state index contributed by atoms with van der Waals surface area (Å²) in [6.45, 7) is -0.253. The molecule has 0 saturated carbocycles. The van der Waals surface area contributed by atoms with Crippen LogP contribution in [0, 0.1) is 23.3 Å². The second-order valence-electron chi connectivity index (χ2n) is 5.32. The molecule has 0 aliphatic rings. The van der Waals surface area contributed by atoms with Gasteiger partial charge in [0.2, 0.25) is 0 Å². The highest BCUT2D eigenvalue weighted by Gasteiger charge is 2.11. The monoisotopic (exact) mass is 363 g/mol. The highest BCUT2D eigenvalue weighted by Crippen LogP contribution is 2.17. The summed E-state index contributed by atoms with van der Waals surface area (Å²) in [4.78, 5) is 7.50. The van der Waals surface area contributed by atoms with E-state index in [4.69, 9.17) is 4.74 Å². The van der Waals surface area contributed by atoms with E-state index < -0.39 is 23.3 Å². The summed E-state index contributed by atoms with van der Waals surface area (Å²) in [7, 11) is 0. The molecule has 4 nitrogen and oxygen atoms in total. The molecule has 0 bridgehead atoms. The summed E-state index contributed by atoms with van der Waals surface area (Å²) in [5.41, 5.74) is 0.432. The number of hydrogen-bond donors (Lipinski definition) is 1. The Bertz CT molecular complexity index is 921. The van der Waals surface area contributed by atoms with E-state index in [1.165, 1.54) is 12.1 Å². The van der Waals surface area contributed by atoms with E-state index in [0.717, 1.165) is 18.3 Å². The molecule has 0 spiro atoms. The topological polar surface area (TPSA) is 47.0 Å². The Morgan fingerprint density at radius 2 is 1.69 bits per heavy atom. The highest BCUT2D eigenvalue weighted by molar-refractivity contribution is 5.37. The normalized spacial score (nSPS) is 10.6.